The minimum absolute atomic E-state index is 0.178. The maximum atomic E-state index is 10.7. The Morgan fingerprint density at radius 2 is 2.27 bits per heavy atom. The smallest absolute Gasteiger partial charge is 0.341 e. The molecule has 0 atom stereocenters. The number of rotatable bonds is 4. The average molecular weight is 294 g/mol. The van der Waals surface area contributed by atoms with Gasteiger partial charge >= 0.3 is 5.97 Å². The monoisotopic (exact) mass is 292 g/mol. The van der Waals surface area contributed by atoms with Crippen LogP contribution in [0.2, 0.25) is 5.02 Å². The molecule has 0 saturated heterocycles. The van der Waals surface area contributed by atoms with E-state index in [0.29, 0.717) is 15.8 Å². The van der Waals surface area contributed by atoms with Crippen LogP contribution in [-0.2, 0) is 4.79 Å². The van der Waals surface area contributed by atoms with Crippen LogP contribution >= 0.6 is 27.5 Å². The fourth-order valence-electron chi connectivity index (χ4n) is 0.954. The lowest BCUT2D eigenvalue weighted by Gasteiger charge is -2.08. The average Bonchev–Trinajstić information content (AvgIpc) is 2.14. The molecule has 0 unspecified atom stereocenters. The van der Waals surface area contributed by atoms with Crippen LogP contribution in [0, 0.1) is 0 Å². The van der Waals surface area contributed by atoms with Gasteiger partial charge in [-0.1, -0.05) is 11.6 Å². The number of hydrogen-bond donors (Lipinski definition) is 1. The summed E-state index contributed by atoms with van der Waals surface area (Å²) in [5.41, 5.74) is 0.204. The predicted octanol–water partition coefficient (Wildman–Crippen LogP) is 2.38. The molecule has 0 amide bonds. The highest BCUT2D eigenvalue weighted by Gasteiger charge is 2.11. The van der Waals surface area contributed by atoms with Crippen LogP contribution < -0.4 is 4.74 Å². The third-order valence-electron chi connectivity index (χ3n) is 1.50. The quantitative estimate of drug-likeness (QED) is 0.866. The molecular formula is C9H6BrClO4. The maximum absolute atomic E-state index is 10.7. The lowest BCUT2D eigenvalue weighted by molar-refractivity contribution is -0.139. The predicted molar refractivity (Wildman–Crippen MR) is 57.7 cm³/mol. The van der Waals surface area contributed by atoms with Crippen molar-refractivity contribution in [2.24, 2.45) is 0 Å². The molecule has 0 aromatic heterocycles. The Kier molecular flexibility index (Phi) is 4.11. The van der Waals surface area contributed by atoms with E-state index >= 15 is 0 Å². The zero-order valence-corrected chi connectivity index (χ0v) is 9.71. The fourth-order valence-corrected chi connectivity index (χ4v) is 1.90. The SMILES string of the molecule is O=Cc1cc(Cl)cc(Br)c1OCC(=O)O. The summed E-state index contributed by atoms with van der Waals surface area (Å²) < 4.78 is 5.38. The number of carbonyl (C=O) groups excluding carboxylic acids is 1. The first-order valence-corrected chi connectivity index (χ1v) is 5.00. The van der Waals surface area contributed by atoms with Crippen molar-refractivity contribution in [1.82, 2.24) is 0 Å². The molecule has 1 aromatic carbocycles. The minimum Gasteiger partial charge on any atom is -0.480 e. The molecule has 0 aliphatic rings. The Labute approximate surface area is 98.9 Å². The molecule has 1 aromatic rings. The zero-order valence-electron chi connectivity index (χ0n) is 7.37. The van der Waals surface area contributed by atoms with Gasteiger partial charge in [-0.05, 0) is 28.1 Å². The van der Waals surface area contributed by atoms with Crippen molar-refractivity contribution < 1.29 is 19.4 Å². The first-order chi connectivity index (χ1) is 7.04. The third kappa shape index (κ3) is 3.21. The van der Waals surface area contributed by atoms with Gasteiger partial charge in [-0.25, -0.2) is 4.79 Å². The van der Waals surface area contributed by atoms with Crippen LogP contribution in [0.3, 0.4) is 0 Å². The van der Waals surface area contributed by atoms with E-state index in [-0.39, 0.29) is 11.3 Å². The Hall–Kier alpha value is -1.07. The van der Waals surface area contributed by atoms with Crippen molar-refractivity contribution in [3.63, 3.8) is 0 Å². The summed E-state index contributed by atoms with van der Waals surface area (Å²) in [7, 11) is 0. The van der Waals surface area contributed by atoms with Crippen molar-refractivity contribution in [2.45, 2.75) is 0 Å². The molecule has 0 radical (unpaired) electrons. The highest BCUT2D eigenvalue weighted by atomic mass is 79.9. The van der Waals surface area contributed by atoms with E-state index in [1.54, 1.807) is 0 Å². The van der Waals surface area contributed by atoms with Crippen LogP contribution in [0.15, 0.2) is 16.6 Å². The standard InChI is InChI=1S/C9H6BrClO4/c10-7-2-6(11)1-5(3-12)9(7)15-4-8(13)14/h1-3H,4H2,(H,13,14). The van der Waals surface area contributed by atoms with E-state index in [1.165, 1.54) is 12.1 Å². The lowest BCUT2D eigenvalue weighted by atomic mass is 10.2. The Morgan fingerprint density at radius 3 is 2.80 bits per heavy atom. The summed E-state index contributed by atoms with van der Waals surface area (Å²) in [5.74, 6) is -0.939. The summed E-state index contributed by atoms with van der Waals surface area (Å²) in [4.78, 5) is 21.0. The number of carbonyl (C=O) groups is 2. The van der Waals surface area contributed by atoms with E-state index in [1.807, 2.05) is 0 Å². The van der Waals surface area contributed by atoms with Gasteiger partial charge in [0, 0.05) is 5.02 Å². The molecule has 0 aliphatic heterocycles. The van der Waals surface area contributed by atoms with Crippen molar-refractivity contribution in [3.05, 3.63) is 27.2 Å². The second-order valence-electron chi connectivity index (χ2n) is 2.61. The molecule has 1 N–H and O–H groups in total. The minimum atomic E-state index is -1.12. The van der Waals surface area contributed by atoms with Gasteiger partial charge in [0.25, 0.3) is 0 Å². The Bertz CT molecular complexity index is 405. The van der Waals surface area contributed by atoms with E-state index in [9.17, 15) is 9.59 Å². The van der Waals surface area contributed by atoms with E-state index in [0.717, 1.165) is 0 Å². The number of halogens is 2. The highest BCUT2D eigenvalue weighted by Crippen LogP contribution is 2.31. The molecule has 0 heterocycles. The summed E-state index contributed by atoms with van der Waals surface area (Å²) in [6, 6.07) is 2.92. The molecule has 0 fully saturated rings. The molecule has 80 valence electrons. The highest BCUT2D eigenvalue weighted by molar-refractivity contribution is 9.10. The van der Waals surface area contributed by atoms with E-state index in [4.69, 9.17) is 21.4 Å². The van der Waals surface area contributed by atoms with Gasteiger partial charge in [0.2, 0.25) is 0 Å². The number of benzene rings is 1. The summed E-state index contributed by atoms with van der Waals surface area (Å²) in [6.07, 6.45) is 0.549. The molecule has 0 bridgehead atoms. The van der Waals surface area contributed by atoms with Crippen molar-refractivity contribution in [3.8, 4) is 5.75 Å². The topological polar surface area (TPSA) is 63.6 Å². The molecule has 0 aliphatic carbocycles. The van der Waals surface area contributed by atoms with Crippen LogP contribution in [0.25, 0.3) is 0 Å². The van der Waals surface area contributed by atoms with Gasteiger partial charge in [-0.2, -0.15) is 0 Å². The largest absolute Gasteiger partial charge is 0.480 e. The molecule has 15 heavy (non-hydrogen) atoms. The molecule has 0 saturated carbocycles. The number of ether oxygens (including phenoxy) is 1. The molecule has 1 rings (SSSR count). The zero-order chi connectivity index (χ0) is 11.4. The molecule has 6 heteroatoms. The van der Waals surface area contributed by atoms with Crippen molar-refractivity contribution in [2.75, 3.05) is 6.61 Å². The van der Waals surface area contributed by atoms with Gasteiger partial charge in [-0.3, -0.25) is 4.79 Å². The van der Waals surface area contributed by atoms with Crippen molar-refractivity contribution >= 4 is 39.8 Å². The first kappa shape index (κ1) is 12.0. The molecule has 4 nitrogen and oxygen atoms in total. The number of carboxylic acids is 1. The number of carboxylic acid groups (broad SMARTS) is 1. The van der Waals surface area contributed by atoms with Gasteiger partial charge in [-0.15, -0.1) is 0 Å². The van der Waals surface area contributed by atoms with Gasteiger partial charge < -0.3 is 9.84 Å². The second-order valence-corrected chi connectivity index (χ2v) is 3.90. The lowest BCUT2D eigenvalue weighted by Crippen LogP contribution is -2.10. The molecule has 0 spiro atoms. The normalized spacial score (nSPS) is 9.73. The van der Waals surface area contributed by atoms with Gasteiger partial charge in [0.15, 0.2) is 12.9 Å². The molecular weight excluding hydrogens is 287 g/mol. The van der Waals surface area contributed by atoms with Crippen LogP contribution in [-0.4, -0.2) is 24.0 Å². The van der Waals surface area contributed by atoms with E-state index in [2.05, 4.69) is 15.9 Å². The summed E-state index contributed by atoms with van der Waals surface area (Å²) in [5, 5.41) is 8.80. The van der Waals surface area contributed by atoms with Crippen LogP contribution in [0.1, 0.15) is 10.4 Å². The Morgan fingerprint density at radius 1 is 1.60 bits per heavy atom. The number of aldehydes is 1. The first-order valence-electron chi connectivity index (χ1n) is 3.83. The van der Waals surface area contributed by atoms with Gasteiger partial charge in [0.1, 0.15) is 5.75 Å². The second kappa shape index (κ2) is 5.14. The maximum Gasteiger partial charge on any atom is 0.341 e. The van der Waals surface area contributed by atoms with E-state index < -0.39 is 12.6 Å². The number of aliphatic carboxylic acids is 1. The fraction of sp³-hybridized carbons (Fsp3) is 0.111. The van der Waals surface area contributed by atoms with Gasteiger partial charge in [0.05, 0.1) is 10.0 Å². The van der Waals surface area contributed by atoms with Crippen molar-refractivity contribution in [1.29, 1.82) is 0 Å². The van der Waals surface area contributed by atoms with Crippen LogP contribution in [0.5, 0.6) is 5.75 Å². The third-order valence-corrected chi connectivity index (χ3v) is 2.31. The summed E-state index contributed by atoms with van der Waals surface area (Å²) in [6.45, 7) is -0.513. The number of hydrogen-bond acceptors (Lipinski definition) is 3. The Balaban J connectivity index is 3.04. The van der Waals surface area contributed by atoms with Crippen LogP contribution in [0.4, 0.5) is 0 Å². The summed E-state index contributed by atoms with van der Waals surface area (Å²) >= 11 is 8.83.